The Morgan fingerprint density at radius 2 is 2.06 bits per heavy atom. The Hall–Kier alpha value is -3.39. The fraction of sp³-hybridized carbons (Fsp3) is 0.375. The summed E-state index contributed by atoms with van der Waals surface area (Å²) in [5, 5.41) is 9.44. The Morgan fingerprint density at radius 3 is 2.72 bits per heavy atom. The lowest BCUT2D eigenvalue weighted by molar-refractivity contribution is -0.162. The Bertz CT molecular complexity index is 1050. The number of aromatic nitrogens is 2. The molecule has 1 unspecified atom stereocenters. The van der Waals surface area contributed by atoms with Gasteiger partial charge < -0.3 is 23.7 Å². The molecule has 1 aromatic carbocycles. The molecule has 2 heterocycles. The van der Waals surface area contributed by atoms with E-state index < -0.39 is 11.6 Å². The summed E-state index contributed by atoms with van der Waals surface area (Å²) >= 11 is 0. The largest absolute Gasteiger partial charge is 0.497 e. The number of methoxy groups -OCH3 is 1. The van der Waals surface area contributed by atoms with E-state index in [2.05, 4.69) is 9.97 Å². The molecule has 0 amide bonds. The summed E-state index contributed by atoms with van der Waals surface area (Å²) in [6.45, 7) is 5.90. The van der Waals surface area contributed by atoms with Gasteiger partial charge in [0.1, 0.15) is 11.5 Å². The number of oxazole rings is 1. The molecule has 0 aliphatic rings. The van der Waals surface area contributed by atoms with Crippen molar-refractivity contribution in [1.29, 1.82) is 0 Å². The van der Waals surface area contributed by atoms with E-state index in [9.17, 15) is 9.90 Å². The zero-order chi connectivity index (χ0) is 23.1. The third-order valence-electron chi connectivity index (χ3n) is 5.05. The van der Waals surface area contributed by atoms with Gasteiger partial charge >= 0.3 is 5.97 Å². The topological polar surface area (TPSA) is 104 Å². The van der Waals surface area contributed by atoms with Crippen LogP contribution >= 0.6 is 0 Å². The van der Waals surface area contributed by atoms with Gasteiger partial charge in [0.15, 0.2) is 5.60 Å². The van der Waals surface area contributed by atoms with Gasteiger partial charge in [-0.15, -0.1) is 0 Å². The van der Waals surface area contributed by atoms with E-state index in [0.717, 1.165) is 28.3 Å². The minimum absolute atomic E-state index is 0.217. The van der Waals surface area contributed by atoms with Crippen molar-refractivity contribution in [2.24, 2.45) is 0 Å². The number of aliphatic carboxylic acids is 1. The third-order valence-corrected chi connectivity index (χ3v) is 5.05. The molecule has 1 N–H and O–H groups in total. The van der Waals surface area contributed by atoms with Gasteiger partial charge in [-0.3, -0.25) is 0 Å². The van der Waals surface area contributed by atoms with Crippen molar-refractivity contribution in [3.8, 4) is 23.1 Å². The first-order valence-electron chi connectivity index (χ1n) is 10.4. The van der Waals surface area contributed by atoms with Crippen LogP contribution < -0.4 is 9.47 Å². The highest BCUT2D eigenvalue weighted by atomic mass is 16.5. The SMILES string of the molecule is CCOC(C)(Cc1ccc(OCCc2nc(-c3cccc(OC)c3)oc2C)nc1)C(=O)O. The highest BCUT2D eigenvalue weighted by Crippen LogP contribution is 2.25. The van der Waals surface area contributed by atoms with Crippen LogP contribution in [0, 0.1) is 6.92 Å². The second-order valence-electron chi connectivity index (χ2n) is 7.50. The van der Waals surface area contributed by atoms with Crippen molar-refractivity contribution in [2.75, 3.05) is 20.3 Å². The van der Waals surface area contributed by atoms with E-state index in [1.807, 2.05) is 31.2 Å². The van der Waals surface area contributed by atoms with Gasteiger partial charge in [0, 0.05) is 37.3 Å². The standard InChI is InChI=1S/C24H28N2O6/c1-5-31-24(3,23(27)28)14-17-9-10-21(25-15-17)30-12-11-20-16(2)32-22(26-20)18-7-6-8-19(13-18)29-4/h6-10,13,15H,5,11-12,14H2,1-4H3,(H,27,28). The predicted molar refractivity (Wildman–Crippen MR) is 118 cm³/mol. The molecule has 1 atom stereocenters. The first-order valence-corrected chi connectivity index (χ1v) is 10.4. The number of pyridine rings is 1. The third kappa shape index (κ3) is 5.64. The van der Waals surface area contributed by atoms with Gasteiger partial charge in [0.25, 0.3) is 0 Å². The van der Waals surface area contributed by atoms with Crippen molar-refractivity contribution in [3.63, 3.8) is 0 Å². The molecule has 2 aromatic heterocycles. The average Bonchev–Trinajstić information content (AvgIpc) is 3.15. The lowest BCUT2D eigenvalue weighted by Crippen LogP contribution is -2.40. The number of hydrogen-bond donors (Lipinski definition) is 1. The Kier molecular flexibility index (Phi) is 7.48. The molecule has 8 nitrogen and oxygen atoms in total. The minimum Gasteiger partial charge on any atom is -0.497 e. The van der Waals surface area contributed by atoms with Crippen LogP contribution in [0.3, 0.4) is 0 Å². The van der Waals surface area contributed by atoms with E-state index in [1.165, 1.54) is 0 Å². The van der Waals surface area contributed by atoms with Crippen molar-refractivity contribution >= 4 is 5.97 Å². The van der Waals surface area contributed by atoms with Gasteiger partial charge in [-0.05, 0) is 44.5 Å². The maximum absolute atomic E-state index is 11.5. The maximum atomic E-state index is 11.5. The second-order valence-corrected chi connectivity index (χ2v) is 7.50. The summed E-state index contributed by atoms with van der Waals surface area (Å²) in [6, 6.07) is 11.1. The van der Waals surface area contributed by atoms with Crippen LogP contribution in [0.25, 0.3) is 11.5 Å². The first kappa shape index (κ1) is 23.3. The zero-order valence-electron chi connectivity index (χ0n) is 18.8. The molecule has 0 fully saturated rings. The first-order chi connectivity index (χ1) is 15.3. The molecule has 3 aromatic rings. The molecule has 170 valence electrons. The summed E-state index contributed by atoms with van der Waals surface area (Å²) in [5.74, 6) is 1.46. The minimum atomic E-state index is -1.29. The van der Waals surface area contributed by atoms with Crippen LogP contribution in [0.4, 0.5) is 0 Å². The molecule has 3 rings (SSSR count). The summed E-state index contributed by atoms with van der Waals surface area (Å²) in [4.78, 5) is 20.4. The fourth-order valence-electron chi connectivity index (χ4n) is 3.29. The van der Waals surface area contributed by atoms with E-state index in [1.54, 1.807) is 39.3 Å². The number of aryl methyl sites for hydroxylation is 1. The Labute approximate surface area is 187 Å². The maximum Gasteiger partial charge on any atom is 0.336 e. The van der Waals surface area contributed by atoms with Gasteiger partial charge in [-0.2, -0.15) is 0 Å². The van der Waals surface area contributed by atoms with E-state index >= 15 is 0 Å². The predicted octanol–water partition coefficient (Wildman–Crippen LogP) is 4.10. The number of ether oxygens (including phenoxy) is 3. The molecule has 0 bridgehead atoms. The van der Waals surface area contributed by atoms with Gasteiger partial charge in [0.2, 0.25) is 11.8 Å². The quantitative estimate of drug-likeness (QED) is 0.475. The summed E-state index contributed by atoms with van der Waals surface area (Å²) in [6.07, 6.45) is 2.39. The smallest absolute Gasteiger partial charge is 0.336 e. The lowest BCUT2D eigenvalue weighted by atomic mass is 9.97. The van der Waals surface area contributed by atoms with Crippen LogP contribution in [0.15, 0.2) is 47.0 Å². The van der Waals surface area contributed by atoms with E-state index in [0.29, 0.717) is 31.4 Å². The number of hydrogen-bond acceptors (Lipinski definition) is 7. The monoisotopic (exact) mass is 440 g/mol. The normalized spacial score (nSPS) is 12.9. The number of carboxylic acids is 1. The second kappa shape index (κ2) is 10.3. The van der Waals surface area contributed by atoms with Crippen molar-refractivity contribution in [3.05, 3.63) is 59.6 Å². The lowest BCUT2D eigenvalue weighted by Gasteiger charge is -2.24. The average molecular weight is 440 g/mol. The zero-order valence-corrected chi connectivity index (χ0v) is 18.8. The molecule has 0 saturated carbocycles. The number of benzene rings is 1. The number of rotatable bonds is 11. The van der Waals surface area contributed by atoms with E-state index in [-0.39, 0.29) is 6.42 Å². The van der Waals surface area contributed by atoms with Gasteiger partial charge in [-0.1, -0.05) is 12.1 Å². The number of carboxylic acid groups (broad SMARTS) is 1. The van der Waals surface area contributed by atoms with Gasteiger partial charge in [-0.25, -0.2) is 14.8 Å². The molecule has 32 heavy (non-hydrogen) atoms. The van der Waals surface area contributed by atoms with Crippen LogP contribution in [-0.4, -0.2) is 47.0 Å². The number of carbonyl (C=O) groups is 1. The highest BCUT2D eigenvalue weighted by Gasteiger charge is 2.34. The molecular weight excluding hydrogens is 412 g/mol. The summed E-state index contributed by atoms with van der Waals surface area (Å²) < 4.78 is 22.2. The highest BCUT2D eigenvalue weighted by molar-refractivity contribution is 5.77. The Morgan fingerprint density at radius 1 is 1.25 bits per heavy atom. The van der Waals surface area contributed by atoms with Crippen LogP contribution in [0.5, 0.6) is 11.6 Å². The van der Waals surface area contributed by atoms with Crippen molar-refractivity contribution in [1.82, 2.24) is 9.97 Å². The van der Waals surface area contributed by atoms with Crippen molar-refractivity contribution < 1.29 is 28.5 Å². The van der Waals surface area contributed by atoms with Gasteiger partial charge in [0.05, 0.1) is 19.4 Å². The molecule has 0 aliphatic carbocycles. The molecule has 0 spiro atoms. The molecule has 8 heteroatoms. The summed E-state index contributed by atoms with van der Waals surface area (Å²) in [5.41, 5.74) is 1.13. The number of nitrogens with zero attached hydrogens (tertiary/aromatic N) is 2. The molecular formula is C24H28N2O6. The van der Waals surface area contributed by atoms with E-state index in [4.69, 9.17) is 18.6 Å². The summed E-state index contributed by atoms with van der Waals surface area (Å²) in [7, 11) is 1.62. The fourth-order valence-corrected chi connectivity index (χ4v) is 3.29. The molecule has 0 radical (unpaired) electrons. The van der Waals surface area contributed by atoms with Crippen molar-refractivity contribution in [2.45, 2.75) is 39.2 Å². The molecule has 0 saturated heterocycles. The van der Waals surface area contributed by atoms with Crippen LogP contribution in [0.2, 0.25) is 0 Å². The van der Waals surface area contributed by atoms with Crippen LogP contribution in [-0.2, 0) is 22.4 Å². The molecule has 0 aliphatic heterocycles. The van der Waals surface area contributed by atoms with Crippen LogP contribution in [0.1, 0.15) is 30.9 Å². The Balaban J connectivity index is 1.58.